The van der Waals surface area contributed by atoms with Crippen LogP contribution < -0.4 is 5.32 Å². The van der Waals surface area contributed by atoms with Gasteiger partial charge >= 0.3 is 0 Å². The van der Waals surface area contributed by atoms with E-state index in [1.807, 2.05) is 19.1 Å². The fourth-order valence-corrected chi connectivity index (χ4v) is 1.32. The molecular formula is C11H11BrClNO2. The van der Waals surface area contributed by atoms with Crippen molar-refractivity contribution in [1.82, 2.24) is 0 Å². The lowest BCUT2D eigenvalue weighted by Crippen LogP contribution is -2.19. The van der Waals surface area contributed by atoms with Crippen LogP contribution in [0.5, 0.6) is 0 Å². The molecule has 0 aromatic heterocycles. The fraction of sp³-hybridized carbons (Fsp3) is 0.273. The summed E-state index contributed by atoms with van der Waals surface area (Å²) in [5, 5.41) is 2.62. The van der Waals surface area contributed by atoms with Gasteiger partial charge < -0.3 is 5.32 Å². The van der Waals surface area contributed by atoms with Gasteiger partial charge in [0.25, 0.3) is 0 Å². The number of Topliss-reactive ketones (excluding diaryl/α,β-unsaturated/α-hetero) is 1. The number of anilines is 1. The summed E-state index contributed by atoms with van der Waals surface area (Å²) in [6, 6.07) is 7.33. The normalized spacial score (nSPS) is 11.9. The smallest absolute Gasteiger partial charge is 0.231 e. The van der Waals surface area contributed by atoms with Crippen LogP contribution in [0.3, 0.4) is 0 Å². The molecule has 5 heteroatoms. The van der Waals surface area contributed by atoms with E-state index in [0.717, 1.165) is 5.56 Å². The SMILES string of the molecule is Cc1ccc(NC(=O)CC(=O)[C@@H](Cl)Br)cc1. The molecule has 0 spiro atoms. The van der Waals surface area contributed by atoms with Crippen molar-refractivity contribution in [3.05, 3.63) is 29.8 Å². The Morgan fingerprint density at radius 1 is 1.38 bits per heavy atom. The lowest BCUT2D eigenvalue weighted by atomic mass is 10.2. The second-order valence-electron chi connectivity index (χ2n) is 3.36. The number of hydrogen-bond donors (Lipinski definition) is 1. The predicted octanol–water partition coefficient (Wildman–Crippen LogP) is 2.85. The Balaban J connectivity index is 2.52. The van der Waals surface area contributed by atoms with Crippen LogP contribution in [0.25, 0.3) is 0 Å². The highest BCUT2D eigenvalue weighted by molar-refractivity contribution is 9.10. The van der Waals surface area contributed by atoms with Crippen molar-refractivity contribution in [2.45, 2.75) is 17.6 Å². The number of nitrogens with one attached hydrogen (secondary N) is 1. The summed E-state index contributed by atoms with van der Waals surface area (Å²) in [6.45, 7) is 1.96. The minimum absolute atomic E-state index is 0.229. The van der Waals surface area contributed by atoms with Crippen LogP contribution in [0.1, 0.15) is 12.0 Å². The number of rotatable bonds is 4. The summed E-state index contributed by atoms with van der Waals surface area (Å²) < 4.78 is -0.809. The Morgan fingerprint density at radius 2 is 1.94 bits per heavy atom. The minimum Gasteiger partial charge on any atom is -0.326 e. The first kappa shape index (κ1) is 13.2. The third-order valence-corrected chi connectivity index (χ3v) is 2.67. The first-order chi connectivity index (χ1) is 7.49. The van der Waals surface area contributed by atoms with Crippen molar-refractivity contribution < 1.29 is 9.59 Å². The Morgan fingerprint density at radius 3 is 2.44 bits per heavy atom. The zero-order valence-corrected chi connectivity index (χ0v) is 11.0. The van der Waals surface area contributed by atoms with E-state index in [1.165, 1.54) is 0 Å². The van der Waals surface area contributed by atoms with E-state index in [4.69, 9.17) is 11.6 Å². The van der Waals surface area contributed by atoms with Crippen molar-refractivity contribution in [3.8, 4) is 0 Å². The molecule has 1 atom stereocenters. The Hall–Kier alpha value is -0.870. The first-order valence-corrected chi connectivity index (χ1v) is 6.01. The number of benzene rings is 1. The predicted molar refractivity (Wildman–Crippen MR) is 68.0 cm³/mol. The summed E-state index contributed by atoms with van der Waals surface area (Å²) in [4.78, 5) is 22.6. The molecule has 1 amide bonds. The van der Waals surface area contributed by atoms with Gasteiger partial charge in [-0.3, -0.25) is 9.59 Å². The van der Waals surface area contributed by atoms with Gasteiger partial charge in [-0.1, -0.05) is 33.6 Å². The van der Waals surface area contributed by atoms with Gasteiger partial charge in [0.1, 0.15) is 4.29 Å². The molecule has 0 radical (unpaired) electrons. The molecule has 0 aliphatic rings. The fourth-order valence-electron chi connectivity index (χ4n) is 1.08. The van der Waals surface area contributed by atoms with Crippen LogP contribution in [-0.4, -0.2) is 16.0 Å². The molecule has 0 saturated carbocycles. The van der Waals surface area contributed by atoms with Crippen molar-refractivity contribution in [2.75, 3.05) is 5.32 Å². The largest absolute Gasteiger partial charge is 0.326 e. The molecule has 0 unspecified atom stereocenters. The number of amides is 1. The maximum absolute atomic E-state index is 11.4. The maximum Gasteiger partial charge on any atom is 0.231 e. The topological polar surface area (TPSA) is 46.2 Å². The zero-order valence-electron chi connectivity index (χ0n) is 8.67. The Kier molecular flexibility index (Phi) is 4.96. The van der Waals surface area contributed by atoms with Crippen molar-refractivity contribution in [3.63, 3.8) is 0 Å². The average Bonchev–Trinajstić information content (AvgIpc) is 2.21. The molecule has 1 aromatic carbocycles. The molecule has 3 nitrogen and oxygen atoms in total. The minimum atomic E-state index is -0.809. The quantitative estimate of drug-likeness (QED) is 0.687. The molecule has 0 fully saturated rings. The third kappa shape index (κ3) is 4.33. The van der Waals surface area contributed by atoms with Gasteiger partial charge in [-0.2, -0.15) is 0 Å². The molecule has 1 rings (SSSR count). The summed E-state index contributed by atoms with van der Waals surface area (Å²) >= 11 is 8.38. The lowest BCUT2D eigenvalue weighted by Gasteiger charge is -2.05. The van der Waals surface area contributed by atoms with E-state index >= 15 is 0 Å². The van der Waals surface area contributed by atoms with Gasteiger partial charge in [-0.15, -0.1) is 11.6 Å². The zero-order chi connectivity index (χ0) is 12.1. The molecule has 0 heterocycles. The molecule has 16 heavy (non-hydrogen) atoms. The van der Waals surface area contributed by atoms with E-state index in [2.05, 4.69) is 21.2 Å². The Labute approximate surface area is 107 Å². The van der Waals surface area contributed by atoms with Crippen LogP contribution in [0, 0.1) is 6.92 Å². The highest BCUT2D eigenvalue weighted by atomic mass is 79.9. The molecule has 0 aliphatic heterocycles. The second kappa shape index (κ2) is 6.01. The molecule has 1 N–H and O–H groups in total. The highest BCUT2D eigenvalue weighted by Gasteiger charge is 2.15. The standard InChI is InChI=1S/C11H11BrClNO2/c1-7-2-4-8(5-3-7)14-10(16)6-9(15)11(12)13/h2-5,11H,6H2,1H3,(H,14,16)/t11-/m1/s1. The molecular weight excluding hydrogens is 293 g/mol. The van der Waals surface area contributed by atoms with Crippen LogP contribution in [0.15, 0.2) is 24.3 Å². The van der Waals surface area contributed by atoms with E-state index in [0.29, 0.717) is 5.69 Å². The number of carbonyl (C=O) groups is 2. The van der Waals surface area contributed by atoms with E-state index in [-0.39, 0.29) is 18.1 Å². The van der Waals surface area contributed by atoms with Gasteiger partial charge in [0.05, 0.1) is 6.42 Å². The number of ketones is 1. The molecule has 86 valence electrons. The van der Waals surface area contributed by atoms with Crippen LogP contribution in [-0.2, 0) is 9.59 Å². The summed E-state index contributed by atoms with van der Waals surface area (Å²) in [5.74, 6) is -0.717. The lowest BCUT2D eigenvalue weighted by molar-refractivity contribution is -0.124. The van der Waals surface area contributed by atoms with E-state index < -0.39 is 4.29 Å². The first-order valence-electron chi connectivity index (χ1n) is 4.66. The van der Waals surface area contributed by atoms with E-state index in [1.54, 1.807) is 12.1 Å². The maximum atomic E-state index is 11.4. The van der Waals surface area contributed by atoms with Crippen molar-refractivity contribution in [2.24, 2.45) is 0 Å². The van der Waals surface area contributed by atoms with Gasteiger partial charge in [-0.05, 0) is 19.1 Å². The van der Waals surface area contributed by atoms with Gasteiger partial charge in [0.15, 0.2) is 5.78 Å². The molecule has 0 bridgehead atoms. The number of alkyl halides is 2. The highest BCUT2D eigenvalue weighted by Crippen LogP contribution is 2.11. The van der Waals surface area contributed by atoms with Crippen molar-refractivity contribution in [1.29, 1.82) is 0 Å². The van der Waals surface area contributed by atoms with Crippen LogP contribution >= 0.6 is 27.5 Å². The average molecular weight is 305 g/mol. The number of halogens is 2. The number of carbonyl (C=O) groups excluding carboxylic acids is 2. The van der Waals surface area contributed by atoms with Gasteiger partial charge in [0, 0.05) is 5.69 Å². The number of aryl methyl sites for hydroxylation is 1. The van der Waals surface area contributed by atoms with Crippen molar-refractivity contribution >= 4 is 44.9 Å². The van der Waals surface area contributed by atoms with Gasteiger partial charge in [0.2, 0.25) is 5.91 Å². The van der Waals surface area contributed by atoms with Crippen LogP contribution in [0.4, 0.5) is 5.69 Å². The second-order valence-corrected chi connectivity index (χ2v) is 5.24. The third-order valence-electron chi connectivity index (χ3n) is 1.91. The summed E-state index contributed by atoms with van der Waals surface area (Å²) in [6.07, 6.45) is -0.229. The molecule has 0 saturated heterocycles. The molecule has 0 aliphatic carbocycles. The summed E-state index contributed by atoms with van der Waals surface area (Å²) in [7, 11) is 0. The van der Waals surface area contributed by atoms with E-state index in [9.17, 15) is 9.59 Å². The van der Waals surface area contributed by atoms with Gasteiger partial charge in [-0.25, -0.2) is 0 Å². The number of hydrogen-bond acceptors (Lipinski definition) is 2. The monoisotopic (exact) mass is 303 g/mol. The summed E-state index contributed by atoms with van der Waals surface area (Å²) in [5.41, 5.74) is 1.78. The van der Waals surface area contributed by atoms with Crippen LogP contribution in [0.2, 0.25) is 0 Å². The molecule has 1 aromatic rings. The Bertz CT molecular complexity index is 389.